The maximum atomic E-state index is 12.4. The van der Waals surface area contributed by atoms with Crippen molar-refractivity contribution in [1.82, 2.24) is 15.0 Å². The van der Waals surface area contributed by atoms with Crippen LogP contribution in [-0.4, -0.2) is 20.9 Å². The Balaban J connectivity index is 1.95. The summed E-state index contributed by atoms with van der Waals surface area (Å²) >= 11 is 12.1. The second-order valence-electron chi connectivity index (χ2n) is 4.81. The molecule has 0 fully saturated rings. The van der Waals surface area contributed by atoms with Crippen LogP contribution >= 0.6 is 23.2 Å². The van der Waals surface area contributed by atoms with Crippen molar-refractivity contribution in [2.45, 2.75) is 0 Å². The Kier molecular flexibility index (Phi) is 4.59. The van der Waals surface area contributed by atoms with Gasteiger partial charge in [-0.15, -0.1) is 0 Å². The standard InChI is InChI=1S/C16H11Cl2N5O/c17-9-3-4-11(12(18)6-9)13-8-21-15(19)14(23-13)16(24)22-10-2-1-5-20-7-10/h1-8H,(H2,19,21)(H,22,24). The molecule has 1 aromatic carbocycles. The number of rotatable bonds is 3. The second kappa shape index (κ2) is 6.82. The van der Waals surface area contributed by atoms with Gasteiger partial charge in [0.15, 0.2) is 11.5 Å². The number of pyridine rings is 1. The molecule has 2 aromatic heterocycles. The first kappa shape index (κ1) is 16.2. The second-order valence-corrected chi connectivity index (χ2v) is 5.65. The predicted octanol–water partition coefficient (Wildman–Crippen LogP) is 3.68. The fourth-order valence-electron chi connectivity index (χ4n) is 2.02. The zero-order valence-electron chi connectivity index (χ0n) is 12.2. The lowest BCUT2D eigenvalue weighted by Crippen LogP contribution is -2.17. The predicted molar refractivity (Wildman–Crippen MR) is 94.1 cm³/mol. The highest BCUT2D eigenvalue weighted by Gasteiger charge is 2.16. The lowest BCUT2D eigenvalue weighted by atomic mass is 10.1. The zero-order chi connectivity index (χ0) is 17.1. The average Bonchev–Trinajstić information content (AvgIpc) is 2.56. The van der Waals surface area contributed by atoms with Crippen molar-refractivity contribution in [1.29, 1.82) is 0 Å². The van der Waals surface area contributed by atoms with Gasteiger partial charge in [0, 0.05) is 16.8 Å². The smallest absolute Gasteiger partial charge is 0.278 e. The molecule has 3 aromatic rings. The molecular formula is C16H11Cl2N5O. The topological polar surface area (TPSA) is 93.8 Å². The Labute approximate surface area is 147 Å². The van der Waals surface area contributed by atoms with Gasteiger partial charge in [0.1, 0.15) is 0 Å². The molecule has 3 N–H and O–H groups in total. The number of hydrogen-bond acceptors (Lipinski definition) is 5. The molecule has 0 bridgehead atoms. The van der Waals surface area contributed by atoms with Crippen molar-refractivity contribution < 1.29 is 4.79 Å². The van der Waals surface area contributed by atoms with Crippen LogP contribution in [0.2, 0.25) is 10.0 Å². The van der Waals surface area contributed by atoms with Gasteiger partial charge in [0.2, 0.25) is 0 Å². The van der Waals surface area contributed by atoms with Crippen molar-refractivity contribution in [3.8, 4) is 11.3 Å². The first-order valence-electron chi connectivity index (χ1n) is 6.84. The van der Waals surface area contributed by atoms with E-state index in [2.05, 4.69) is 20.3 Å². The molecule has 6 nitrogen and oxygen atoms in total. The minimum Gasteiger partial charge on any atom is -0.382 e. The van der Waals surface area contributed by atoms with Crippen LogP contribution in [0.3, 0.4) is 0 Å². The number of hydrogen-bond donors (Lipinski definition) is 2. The number of nitrogen functional groups attached to an aromatic ring is 1. The summed E-state index contributed by atoms with van der Waals surface area (Å²) in [4.78, 5) is 24.6. The SMILES string of the molecule is Nc1ncc(-c2ccc(Cl)cc2Cl)nc1C(=O)Nc1cccnc1. The summed E-state index contributed by atoms with van der Waals surface area (Å²) in [5, 5.41) is 3.57. The van der Waals surface area contributed by atoms with Crippen LogP contribution in [0.15, 0.2) is 48.9 Å². The average molecular weight is 360 g/mol. The van der Waals surface area contributed by atoms with Crippen molar-refractivity contribution in [3.05, 3.63) is 64.7 Å². The molecule has 0 radical (unpaired) electrons. The molecule has 0 aliphatic heterocycles. The van der Waals surface area contributed by atoms with Crippen LogP contribution in [-0.2, 0) is 0 Å². The van der Waals surface area contributed by atoms with Gasteiger partial charge in [-0.3, -0.25) is 9.78 Å². The Hall–Kier alpha value is -2.70. The molecule has 0 aliphatic carbocycles. The highest BCUT2D eigenvalue weighted by atomic mass is 35.5. The Morgan fingerprint density at radius 3 is 2.71 bits per heavy atom. The van der Waals surface area contributed by atoms with Gasteiger partial charge in [-0.25, -0.2) is 9.97 Å². The molecule has 8 heteroatoms. The first-order valence-corrected chi connectivity index (χ1v) is 7.59. The van der Waals surface area contributed by atoms with Crippen LogP contribution in [0, 0.1) is 0 Å². The fourth-order valence-corrected chi connectivity index (χ4v) is 2.52. The van der Waals surface area contributed by atoms with Gasteiger partial charge in [-0.2, -0.15) is 0 Å². The number of carbonyl (C=O) groups is 1. The third-order valence-corrected chi connectivity index (χ3v) is 3.69. The van der Waals surface area contributed by atoms with E-state index < -0.39 is 5.91 Å². The van der Waals surface area contributed by atoms with Crippen LogP contribution in [0.5, 0.6) is 0 Å². The fraction of sp³-hybridized carbons (Fsp3) is 0. The number of aromatic nitrogens is 3. The van der Waals surface area contributed by atoms with Gasteiger partial charge < -0.3 is 11.1 Å². The Bertz CT molecular complexity index is 902. The highest BCUT2D eigenvalue weighted by molar-refractivity contribution is 6.36. The first-order chi connectivity index (χ1) is 11.5. The van der Waals surface area contributed by atoms with Crippen molar-refractivity contribution in [2.75, 3.05) is 11.1 Å². The molecule has 1 amide bonds. The number of anilines is 2. The summed E-state index contributed by atoms with van der Waals surface area (Å²) in [7, 11) is 0. The molecule has 0 spiro atoms. The summed E-state index contributed by atoms with van der Waals surface area (Å²) in [5.74, 6) is -0.467. The van der Waals surface area contributed by atoms with Crippen molar-refractivity contribution >= 4 is 40.6 Å². The summed E-state index contributed by atoms with van der Waals surface area (Å²) < 4.78 is 0. The minimum atomic E-state index is -0.486. The van der Waals surface area contributed by atoms with Crippen LogP contribution in [0.4, 0.5) is 11.5 Å². The van der Waals surface area contributed by atoms with E-state index in [-0.39, 0.29) is 11.5 Å². The molecule has 0 saturated carbocycles. The van der Waals surface area contributed by atoms with Crippen LogP contribution < -0.4 is 11.1 Å². The van der Waals surface area contributed by atoms with E-state index in [4.69, 9.17) is 28.9 Å². The van der Waals surface area contributed by atoms with Gasteiger partial charge in [0.25, 0.3) is 5.91 Å². The van der Waals surface area contributed by atoms with Crippen molar-refractivity contribution in [2.24, 2.45) is 0 Å². The zero-order valence-corrected chi connectivity index (χ0v) is 13.7. The largest absolute Gasteiger partial charge is 0.382 e. The number of nitrogens with two attached hydrogens (primary N) is 1. The number of halogens is 2. The van der Waals surface area contributed by atoms with E-state index in [1.807, 2.05) is 0 Å². The van der Waals surface area contributed by atoms with Gasteiger partial charge in [0.05, 0.1) is 28.8 Å². The van der Waals surface area contributed by atoms with E-state index in [9.17, 15) is 4.79 Å². The number of nitrogens with zero attached hydrogens (tertiary/aromatic N) is 3. The molecular weight excluding hydrogens is 349 g/mol. The van der Waals surface area contributed by atoms with E-state index in [1.54, 1.807) is 36.5 Å². The molecule has 0 unspecified atom stereocenters. The maximum Gasteiger partial charge on any atom is 0.278 e. The van der Waals surface area contributed by atoms with Crippen molar-refractivity contribution in [3.63, 3.8) is 0 Å². The normalized spacial score (nSPS) is 10.4. The van der Waals surface area contributed by atoms with Gasteiger partial charge in [-0.1, -0.05) is 23.2 Å². The quantitative estimate of drug-likeness (QED) is 0.743. The molecule has 24 heavy (non-hydrogen) atoms. The minimum absolute atomic E-state index is 0.00219. The molecule has 0 saturated heterocycles. The molecule has 120 valence electrons. The molecule has 0 atom stereocenters. The monoisotopic (exact) mass is 359 g/mol. The number of benzene rings is 1. The van der Waals surface area contributed by atoms with Gasteiger partial charge in [-0.05, 0) is 30.3 Å². The summed E-state index contributed by atoms with van der Waals surface area (Å²) in [6.07, 6.45) is 4.57. The van der Waals surface area contributed by atoms with Crippen LogP contribution in [0.1, 0.15) is 10.5 Å². The van der Waals surface area contributed by atoms with E-state index in [0.29, 0.717) is 27.0 Å². The third kappa shape index (κ3) is 3.45. The third-order valence-electron chi connectivity index (χ3n) is 3.14. The van der Waals surface area contributed by atoms with Crippen LogP contribution in [0.25, 0.3) is 11.3 Å². The Morgan fingerprint density at radius 2 is 2.00 bits per heavy atom. The number of amides is 1. The summed E-state index contributed by atoms with van der Waals surface area (Å²) in [5.41, 5.74) is 7.33. The number of carbonyl (C=O) groups excluding carboxylic acids is 1. The molecule has 0 aliphatic rings. The maximum absolute atomic E-state index is 12.4. The summed E-state index contributed by atoms with van der Waals surface area (Å²) in [6.45, 7) is 0. The number of nitrogens with one attached hydrogen (secondary N) is 1. The highest BCUT2D eigenvalue weighted by Crippen LogP contribution is 2.29. The summed E-state index contributed by atoms with van der Waals surface area (Å²) in [6, 6.07) is 8.37. The lowest BCUT2D eigenvalue weighted by Gasteiger charge is -2.09. The molecule has 2 heterocycles. The van der Waals surface area contributed by atoms with E-state index in [0.717, 1.165) is 0 Å². The Morgan fingerprint density at radius 1 is 1.17 bits per heavy atom. The van der Waals surface area contributed by atoms with Gasteiger partial charge >= 0.3 is 0 Å². The van der Waals surface area contributed by atoms with E-state index in [1.165, 1.54) is 12.4 Å². The lowest BCUT2D eigenvalue weighted by molar-refractivity contribution is 0.102. The van der Waals surface area contributed by atoms with E-state index >= 15 is 0 Å². The molecule has 3 rings (SSSR count).